The molecule has 0 unspecified atom stereocenters. The van der Waals surface area contributed by atoms with Crippen molar-refractivity contribution < 1.29 is 13.7 Å². The lowest BCUT2D eigenvalue weighted by molar-refractivity contribution is 0.590. The fourth-order valence-corrected chi connectivity index (χ4v) is 16.1. The van der Waals surface area contributed by atoms with Crippen molar-refractivity contribution >= 4 is 79.0 Å². The second-order valence-electron chi connectivity index (χ2n) is 33.3. The summed E-state index contributed by atoms with van der Waals surface area (Å²) >= 11 is 0. The van der Waals surface area contributed by atoms with E-state index in [4.69, 9.17) is 17.7 Å². The van der Waals surface area contributed by atoms with Crippen LogP contribution in [-0.4, -0.2) is 26.2 Å². The Kier molecular flexibility index (Phi) is 14.3. The maximum absolute atomic E-state index is 9.84. The summed E-state index contributed by atoms with van der Waals surface area (Å²) in [6.45, 7) is 26.1. The smallest absolute Gasteiger partial charge is 0.252 e. The Balaban J connectivity index is 1.10. The Bertz CT molecular complexity index is 6640. The van der Waals surface area contributed by atoms with Crippen molar-refractivity contribution in [3.63, 3.8) is 0 Å². The molecular weight excluding hydrogens is 1330 g/mol. The number of aromatic nitrogens is 4. The van der Waals surface area contributed by atoms with Crippen LogP contribution in [0.5, 0.6) is 0 Å². The molecule has 0 saturated heterocycles. The maximum Gasteiger partial charge on any atom is 0.252 e. The van der Waals surface area contributed by atoms with E-state index in [1.807, 2.05) is 103 Å². The predicted octanol–water partition coefficient (Wildman–Crippen LogP) is 25.6. The Morgan fingerprint density at radius 3 is 0.982 bits per heavy atom. The van der Waals surface area contributed by atoms with E-state index < -0.39 is 53.8 Å². The van der Waals surface area contributed by atoms with Gasteiger partial charge in [0, 0.05) is 66.9 Å². The van der Waals surface area contributed by atoms with Crippen molar-refractivity contribution in [2.75, 3.05) is 9.80 Å². The van der Waals surface area contributed by atoms with Gasteiger partial charge >= 0.3 is 0 Å². The molecule has 0 aliphatic carbocycles. The van der Waals surface area contributed by atoms with E-state index >= 15 is 0 Å². The van der Waals surface area contributed by atoms with Gasteiger partial charge in [-0.1, -0.05) is 332 Å². The average Bonchev–Trinajstić information content (AvgIpc) is 0.969. The second kappa shape index (κ2) is 26.7. The molecule has 110 heavy (non-hydrogen) atoms. The van der Waals surface area contributed by atoms with Crippen molar-refractivity contribution in [2.24, 2.45) is 0 Å². The van der Waals surface area contributed by atoms with Crippen LogP contribution in [0.4, 0.5) is 34.1 Å². The first-order chi connectivity index (χ1) is 57.2. The molecule has 0 saturated carbocycles. The monoisotopic (exact) mass is 1430 g/mol. The van der Waals surface area contributed by atoms with Gasteiger partial charge in [-0.25, -0.2) is 15.0 Å². The molecule has 2 aromatic heterocycles. The van der Waals surface area contributed by atoms with E-state index in [0.29, 0.717) is 56.9 Å². The summed E-state index contributed by atoms with van der Waals surface area (Å²) < 4.78 is 96.6. The topological polar surface area (TPSA) is 50.1 Å². The highest BCUT2D eigenvalue weighted by atomic mass is 15.2. The van der Waals surface area contributed by atoms with Crippen molar-refractivity contribution in [3.8, 4) is 95.5 Å². The van der Waals surface area contributed by atoms with Crippen LogP contribution in [0.1, 0.15) is 119 Å². The molecule has 0 atom stereocenters. The molecule has 7 heteroatoms. The van der Waals surface area contributed by atoms with Gasteiger partial charge in [-0.2, -0.15) is 0 Å². The molecule has 534 valence electrons. The van der Waals surface area contributed by atoms with Gasteiger partial charge in [0.1, 0.15) is 0 Å². The van der Waals surface area contributed by atoms with Crippen LogP contribution in [0.2, 0.25) is 0 Å². The third-order valence-electron chi connectivity index (χ3n) is 22.0. The molecule has 0 spiro atoms. The van der Waals surface area contributed by atoms with Crippen molar-refractivity contribution in [2.45, 2.75) is 105 Å². The largest absolute Gasteiger partial charge is 0.310 e. The molecule has 0 radical (unpaired) electrons. The zero-order chi connectivity index (χ0) is 84.2. The summed E-state index contributed by atoms with van der Waals surface area (Å²) in [5.74, 6) is 1.26. The van der Waals surface area contributed by atoms with E-state index in [1.165, 1.54) is 11.1 Å². The van der Waals surface area contributed by atoms with Gasteiger partial charge in [-0.15, -0.1) is 0 Å². The number of hydrogen-bond donors (Lipinski definition) is 0. The van der Waals surface area contributed by atoms with Gasteiger partial charge in [-0.05, 0) is 172 Å². The molecule has 18 rings (SSSR count). The molecular formula is C103H89BN6. The van der Waals surface area contributed by atoms with Crippen LogP contribution in [0.25, 0.3) is 117 Å². The summed E-state index contributed by atoms with van der Waals surface area (Å²) in [6, 6.07) is 86.4. The fraction of sp³-hybridized carbons (Fsp3) is 0.155. The van der Waals surface area contributed by atoms with Gasteiger partial charge in [0.05, 0.1) is 41.8 Å². The second-order valence-corrected chi connectivity index (χ2v) is 33.3. The van der Waals surface area contributed by atoms with Gasteiger partial charge in [0.15, 0.2) is 17.5 Å². The van der Waals surface area contributed by atoms with Gasteiger partial charge in [0.25, 0.3) is 6.71 Å². The van der Waals surface area contributed by atoms with Crippen LogP contribution in [0.3, 0.4) is 0 Å². The Morgan fingerprint density at radius 2 is 0.618 bits per heavy atom. The van der Waals surface area contributed by atoms with Crippen LogP contribution in [0, 0.1) is 0 Å². The Morgan fingerprint density at radius 1 is 0.282 bits per heavy atom. The average molecular weight is 1430 g/mol. The van der Waals surface area contributed by atoms with E-state index in [0.717, 1.165) is 111 Å². The van der Waals surface area contributed by atoms with Crippen molar-refractivity contribution in [3.05, 3.63) is 344 Å². The zero-order valence-corrected chi connectivity index (χ0v) is 64.1. The number of fused-ring (bicyclic) bond motifs is 7. The highest BCUT2D eigenvalue weighted by Gasteiger charge is 2.47. The molecule has 0 bridgehead atoms. The van der Waals surface area contributed by atoms with Gasteiger partial charge in [-0.3, -0.25) is 0 Å². The highest BCUT2D eigenvalue weighted by molar-refractivity contribution is 7.00. The summed E-state index contributed by atoms with van der Waals surface area (Å²) in [5.41, 5.74) is 20.7. The Hall–Kier alpha value is -12.4. The van der Waals surface area contributed by atoms with Crippen molar-refractivity contribution in [1.82, 2.24) is 19.5 Å². The lowest BCUT2D eigenvalue weighted by Crippen LogP contribution is -2.61. The van der Waals surface area contributed by atoms with Crippen LogP contribution < -0.4 is 26.2 Å². The number of hydrogen-bond acceptors (Lipinski definition) is 5. The minimum absolute atomic E-state index is 0.0154. The van der Waals surface area contributed by atoms with Gasteiger partial charge in [0.2, 0.25) is 0 Å². The SMILES string of the molecule is [2H]c1c([2H])c([2H])c(-c2ccc3c(c2)N(c2c(-c4ccccc4)cc(C(C)(C)C)cc2-c2ccccc2)c2cc(-n4c5ccc(C(C)(C)C)cc5c5cc(C(C)(C)C)ccc54)cc4c2B3c2ccc(-c3c([2H])c([2H])c([2H])c([2H])c3[2H])cc2N4c2c(-c3ccccc3)cc(C(C)(C)C)cc2-c2nc(-c3ccccc3)nc(-c3ccccc3)n2)c([2H])c1[2H]. The van der Waals surface area contributed by atoms with Gasteiger partial charge < -0.3 is 14.4 Å². The maximum atomic E-state index is 9.84. The summed E-state index contributed by atoms with van der Waals surface area (Å²) in [6.07, 6.45) is 0. The molecule has 4 heterocycles. The number of benzene rings is 14. The molecule has 6 nitrogen and oxygen atoms in total. The van der Waals surface area contributed by atoms with Crippen LogP contribution >= 0.6 is 0 Å². The standard InChI is InChI=1S/C103H89BN6/c1-100(2,3)75-50-54-88-83(58-75)84-59-76(101(4,5)6)51-55-89(84)108(88)79-64-92-94-93(65-79)110(96-82(70-42-28-17-29-43-70)62-78(103(10,11)12)63-85(96)99-106-97(71-44-30-18-31-45-71)105-98(107-99)72-46-32-19-33-47-72)91-57-74(67-36-22-14-23-37-67)49-53-87(91)104(94)86-52-48-73(66-34-20-13-21-35-66)56-90(86)109(92)95-80(68-38-24-15-25-39-68)60-77(102(7,8)9)61-81(95)69-40-26-16-27-41-69/h13-65H,1-12H3/i13D,14D,20D,21D,22D,23D,34D,35D,36D,37D. The molecule has 14 aromatic carbocycles. The summed E-state index contributed by atoms with van der Waals surface area (Å²) in [7, 11) is 0. The highest BCUT2D eigenvalue weighted by Crippen LogP contribution is 2.56. The fourth-order valence-electron chi connectivity index (χ4n) is 16.1. The van der Waals surface area contributed by atoms with Crippen LogP contribution in [-0.2, 0) is 21.7 Å². The first kappa shape index (κ1) is 58.6. The molecule has 0 fully saturated rings. The zero-order valence-electron chi connectivity index (χ0n) is 74.1. The predicted molar refractivity (Wildman–Crippen MR) is 466 cm³/mol. The molecule has 2 aliphatic rings. The summed E-state index contributed by atoms with van der Waals surface area (Å²) in [5, 5.41) is 2.12. The molecule has 16 aromatic rings. The normalized spacial score (nSPS) is 14.1. The first-order valence-electron chi connectivity index (χ1n) is 42.9. The van der Waals surface area contributed by atoms with E-state index in [2.05, 4.69) is 255 Å². The minimum atomic E-state index is -0.732. The minimum Gasteiger partial charge on any atom is -0.310 e. The third-order valence-corrected chi connectivity index (χ3v) is 22.0. The van der Waals surface area contributed by atoms with E-state index in [9.17, 15) is 11.0 Å². The molecule has 0 amide bonds. The lowest BCUT2D eigenvalue weighted by Gasteiger charge is -2.46. The van der Waals surface area contributed by atoms with Crippen LogP contribution in [0.15, 0.2) is 321 Å². The molecule has 0 N–H and O–H groups in total. The third kappa shape index (κ3) is 12.3. The Labute approximate surface area is 662 Å². The lowest BCUT2D eigenvalue weighted by atomic mass is 9.33. The number of anilines is 6. The summed E-state index contributed by atoms with van der Waals surface area (Å²) in [4.78, 5) is 21.4. The van der Waals surface area contributed by atoms with E-state index in [1.54, 1.807) is 0 Å². The van der Waals surface area contributed by atoms with Crippen molar-refractivity contribution in [1.29, 1.82) is 0 Å². The number of rotatable bonds is 11. The van der Waals surface area contributed by atoms with E-state index in [-0.39, 0.29) is 46.1 Å². The quantitative estimate of drug-likeness (QED) is 0.121. The molecule has 2 aliphatic heterocycles. The number of nitrogens with zero attached hydrogens (tertiary/aromatic N) is 6. The first-order valence-corrected chi connectivity index (χ1v) is 37.9.